The van der Waals surface area contributed by atoms with E-state index in [1.165, 1.54) is 0 Å². The van der Waals surface area contributed by atoms with Gasteiger partial charge in [-0.05, 0) is 0 Å². The number of allylic oxidation sites excluding steroid dienone is 4. The molecule has 0 heterocycles. The summed E-state index contributed by atoms with van der Waals surface area (Å²) in [5.74, 6) is -0.908. The first-order valence-corrected chi connectivity index (χ1v) is 3.34. The molecule has 0 aliphatic heterocycles. The summed E-state index contributed by atoms with van der Waals surface area (Å²) in [4.78, 5) is 10.2. The van der Waals surface area contributed by atoms with E-state index in [2.05, 4.69) is 13.2 Å². The minimum atomic E-state index is -0.816. The molecule has 1 atom stereocenters. The highest BCUT2D eigenvalue weighted by molar-refractivity contribution is 5.67. The zero-order valence-electron chi connectivity index (χ0n) is 6.36. The summed E-state index contributed by atoms with van der Waals surface area (Å²) in [6.45, 7) is 7.00. The fourth-order valence-corrected chi connectivity index (χ4v) is 0.653. The van der Waals surface area contributed by atoms with E-state index in [0.29, 0.717) is 0 Å². The first-order valence-electron chi connectivity index (χ1n) is 3.34. The maximum Gasteiger partial charge on any atom is 0.304 e. The van der Waals surface area contributed by atoms with Crippen molar-refractivity contribution >= 4 is 5.97 Å². The number of carboxylic acid groups (broad SMARTS) is 1. The molecule has 0 fully saturated rings. The van der Waals surface area contributed by atoms with Gasteiger partial charge < -0.3 is 5.11 Å². The molecular formula is C9H12O2. The van der Waals surface area contributed by atoms with Crippen LogP contribution in [-0.2, 0) is 4.79 Å². The summed E-state index contributed by atoms with van der Waals surface area (Å²) in [7, 11) is 0. The quantitative estimate of drug-likeness (QED) is 0.483. The van der Waals surface area contributed by atoms with Gasteiger partial charge in [-0.3, -0.25) is 4.79 Å². The Morgan fingerprint density at radius 3 is 2.55 bits per heavy atom. The normalized spacial score (nSPS) is 12.7. The highest BCUT2D eigenvalue weighted by atomic mass is 16.4. The summed E-state index contributed by atoms with van der Waals surface area (Å²) in [5.41, 5.74) is 0. The van der Waals surface area contributed by atoms with Crippen molar-refractivity contribution in [2.45, 2.75) is 6.42 Å². The lowest BCUT2D eigenvalue weighted by Crippen LogP contribution is -2.01. The van der Waals surface area contributed by atoms with Crippen molar-refractivity contribution < 1.29 is 9.90 Å². The van der Waals surface area contributed by atoms with Crippen molar-refractivity contribution in [3.63, 3.8) is 0 Å². The highest BCUT2D eigenvalue weighted by Crippen LogP contribution is 2.05. The molecule has 0 rings (SSSR count). The number of carbonyl (C=O) groups is 1. The first kappa shape index (κ1) is 9.69. The van der Waals surface area contributed by atoms with Crippen LogP contribution in [0.2, 0.25) is 0 Å². The summed E-state index contributed by atoms with van der Waals surface area (Å²) in [5, 5.41) is 8.41. The molecule has 2 nitrogen and oxygen atoms in total. The predicted molar refractivity (Wildman–Crippen MR) is 45.3 cm³/mol. The maximum atomic E-state index is 10.2. The third kappa shape index (κ3) is 5.15. The second kappa shape index (κ2) is 5.47. The molecule has 2 heteroatoms. The van der Waals surface area contributed by atoms with Crippen LogP contribution in [-0.4, -0.2) is 11.1 Å². The molecular weight excluding hydrogens is 140 g/mol. The Hall–Kier alpha value is -1.31. The minimum Gasteiger partial charge on any atom is -0.481 e. The molecule has 0 aliphatic carbocycles. The fraction of sp³-hybridized carbons (Fsp3) is 0.222. The Bertz CT molecular complexity index is 180. The van der Waals surface area contributed by atoms with Gasteiger partial charge in [0.05, 0.1) is 6.42 Å². The van der Waals surface area contributed by atoms with E-state index in [0.717, 1.165) is 0 Å². The fourth-order valence-electron chi connectivity index (χ4n) is 0.653. The van der Waals surface area contributed by atoms with E-state index < -0.39 is 5.97 Å². The standard InChI is InChI=1S/C9H12O2/c1-3-5-6-8(4-2)7-9(10)11/h3-6,8H,1-2,7H2,(H,10,11). The van der Waals surface area contributed by atoms with Crippen molar-refractivity contribution in [2.75, 3.05) is 0 Å². The van der Waals surface area contributed by atoms with Crippen molar-refractivity contribution in [3.05, 3.63) is 37.5 Å². The lowest BCUT2D eigenvalue weighted by atomic mass is 10.1. The van der Waals surface area contributed by atoms with Gasteiger partial charge in [-0.2, -0.15) is 0 Å². The van der Waals surface area contributed by atoms with Crippen molar-refractivity contribution in [3.8, 4) is 0 Å². The topological polar surface area (TPSA) is 37.3 Å². The zero-order chi connectivity index (χ0) is 8.69. The molecule has 1 N–H and O–H groups in total. The van der Waals surface area contributed by atoms with Gasteiger partial charge in [0.1, 0.15) is 0 Å². The van der Waals surface area contributed by atoms with Gasteiger partial charge >= 0.3 is 5.97 Å². The molecule has 0 aliphatic rings. The second-order valence-electron chi connectivity index (χ2n) is 2.12. The van der Waals surface area contributed by atoms with Gasteiger partial charge in [-0.1, -0.05) is 30.9 Å². The zero-order valence-corrected chi connectivity index (χ0v) is 6.36. The van der Waals surface area contributed by atoms with Gasteiger partial charge in [-0.15, -0.1) is 6.58 Å². The smallest absolute Gasteiger partial charge is 0.304 e. The summed E-state index contributed by atoms with van der Waals surface area (Å²) in [6, 6.07) is 0. The average Bonchev–Trinajstić information content (AvgIpc) is 1.97. The van der Waals surface area contributed by atoms with Gasteiger partial charge in [0, 0.05) is 5.92 Å². The van der Waals surface area contributed by atoms with E-state index in [1.807, 2.05) is 0 Å². The Morgan fingerprint density at radius 2 is 2.18 bits per heavy atom. The molecule has 11 heavy (non-hydrogen) atoms. The first-order chi connectivity index (χ1) is 5.20. The molecule has 0 spiro atoms. The molecule has 0 aromatic heterocycles. The number of hydrogen-bond acceptors (Lipinski definition) is 1. The van der Waals surface area contributed by atoms with Crippen LogP contribution in [0.3, 0.4) is 0 Å². The Balaban J connectivity index is 3.94. The number of carboxylic acids is 1. The largest absolute Gasteiger partial charge is 0.481 e. The van der Waals surface area contributed by atoms with Crippen LogP contribution in [0, 0.1) is 5.92 Å². The van der Waals surface area contributed by atoms with Crippen molar-refractivity contribution in [1.29, 1.82) is 0 Å². The van der Waals surface area contributed by atoms with Gasteiger partial charge in [0.25, 0.3) is 0 Å². The Morgan fingerprint density at radius 1 is 1.55 bits per heavy atom. The van der Waals surface area contributed by atoms with Crippen LogP contribution in [0.15, 0.2) is 37.5 Å². The SMILES string of the molecule is C=CC=CC(C=C)CC(=O)O. The minimum absolute atomic E-state index is 0.0911. The Labute approximate surface area is 66.5 Å². The molecule has 0 bridgehead atoms. The summed E-state index contributed by atoms with van der Waals surface area (Å²) < 4.78 is 0. The van der Waals surface area contributed by atoms with Crippen LogP contribution in [0.5, 0.6) is 0 Å². The molecule has 0 radical (unpaired) electrons. The van der Waals surface area contributed by atoms with E-state index in [4.69, 9.17) is 5.11 Å². The van der Waals surface area contributed by atoms with Crippen LogP contribution in [0.25, 0.3) is 0 Å². The lowest BCUT2D eigenvalue weighted by Gasteiger charge is -2.00. The van der Waals surface area contributed by atoms with Crippen LogP contribution in [0.4, 0.5) is 0 Å². The third-order valence-corrected chi connectivity index (χ3v) is 1.21. The van der Waals surface area contributed by atoms with E-state index in [-0.39, 0.29) is 12.3 Å². The number of aliphatic carboxylic acids is 1. The second-order valence-corrected chi connectivity index (χ2v) is 2.12. The molecule has 0 aromatic carbocycles. The Kier molecular flexibility index (Phi) is 4.82. The molecule has 0 aromatic rings. The van der Waals surface area contributed by atoms with Crippen molar-refractivity contribution in [1.82, 2.24) is 0 Å². The highest BCUT2D eigenvalue weighted by Gasteiger charge is 2.03. The van der Waals surface area contributed by atoms with Gasteiger partial charge in [0.15, 0.2) is 0 Å². The number of rotatable bonds is 5. The van der Waals surface area contributed by atoms with Gasteiger partial charge in [-0.25, -0.2) is 0 Å². The molecule has 0 saturated carbocycles. The third-order valence-electron chi connectivity index (χ3n) is 1.21. The molecule has 0 amide bonds. The monoisotopic (exact) mass is 152 g/mol. The summed E-state index contributed by atoms with van der Waals surface area (Å²) in [6.07, 6.45) is 6.78. The van der Waals surface area contributed by atoms with E-state index in [1.54, 1.807) is 24.3 Å². The van der Waals surface area contributed by atoms with Gasteiger partial charge in [0.2, 0.25) is 0 Å². The molecule has 60 valence electrons. The average molecular weight is 152 g/mol. The number of hydrogen-bond donors (Lipinski definition) is 1. The van der Waals surface area contributed by atoms with Crippen LogP contribution >= 0.6 is 0 Å². The summed E-state index contributed by atoms with van der Waals surface area (Å²) >= 11 is 0. The molecule has 0 saturated heterocycles. The lowest BCUT2D eigenvalue weighted by molar-refractivity contribution is -0.137. The van der Waals surface area contributed by atoms with Crippen LogP contribution in [0.1, 0.15) is 6.42 Å². The maximum absolute atomic E-state index is 10.2. The van der Waals surface area contributed by atoms with Crippen LogP contribution < -0.4 is 0 Å². The van der Waals surface area contributed by atoms with E-state index >= 15 is 0 Å². The molecule has 1 unspecified atom stereocenters. The van der Waals surface area contributed by atoms with E-state index in [9.17, 15) is 4.79 Å². The predicted octanol–water partition coefficient (Wildman–Crippen LogP) is 2.01. The van der Waals surface area contributed by atoms with Crippen molar-refractivity contribution in [2.24, 2.45) is 5.92 Å².